The number of rotatable bonds is 5. The van der Waals surface area contributed by atoms with Crippen LogP contribution in [-0.4, -0.2) is 41.0 Å². The molecule has 5 nitrogen and oxygen atoms in total. The van der Waals surface area contributed by atoms with Crippen LogP contribution < -0.4 is 0 Å². The number of hydrogen-bond donors (Lipinski definition) is 0. The predicted octanol–water partition coefficient (Wildman–Crippen LogP) is 0.471. The third-order valence-electron chi connectivity index (χ3n) is 2.01. The van der Waals surface area contributed by atoms with Gasteiger partial charge in [-0.05, 0) is 12.6 Å². The molecule has 0 atom stereocenters. The van der Waals surface area contributed by atoms with E-state index in [9.17, 15) is 4.79 Å². The Morgan fingerprint density at radius 1 is 1.47 bits per heavy atom. The Labute approximate surface area is 89.1 Å². The summed E-state index contributed by atoms with van der Waals surface area (Å²) >= 11 is 0. The van der Waals surface area contributed by atoms with Crippen LogP contribution in [0.15, 0.2) is 18.5 Å². The van der Waals surface area contributed by atoms with Crippen molar-refractivity contribution < 1.29 is 9.53 Å². The van der Waals surface area contributed by atoms with E-state index in [1.807, 2.05) is 11.8 Å². The molecule has 0 aliphatic heterocycles. The van der Waals surface area contributed by atoms with E-state index in [2.05, 4.69) is 14.7 Å². The van der Waals surface area contributed by atoms with Gasteiger partial charge < -0.3 is 4.74 Å². The molecule has 0 radical (unpaired) electrons. The van der Waals surface area contributed by atoms with Crippen LogP contribution >= 0.6 is 0 Å². The molecule has 0 amide bonds. The summed E-state index contributed by atoms with van der Waals surface area (Å²) in [7, 11) is 1.38. The second-order valence-electron chi connectivity index (χ2n) is 3.04. The van der Waals surface area contributed by atoms with Crippen LogP contribution in [0.4, 0.5) is 0 Å². The average molecular weight is 209 g/mol. The molecule has 0 fully saturated rings. The van der Waals surface area contributed by atoms with E-state index in [-0.39, 0.29) is 12.5 Å². The first-order valence-electron chi connectivity index (χ1n) is 4.81. The van der Waals surface area contributed by atoms with Crippen molar-refractivity contribution in [2.75, 3.05) is 20.2 Å². The van der Waals surface area contributed by atoms with Crippen molar-refractivity contribution in [1.29, 1.82) is 0 Å². The van der Waals surface area contributed by atoms with Crippen LogP contribution in [0.2, 0.25) is 0 Å². The van der Waals surface area contributed by atoms with Gasteiger partial charge in [0.1, 0.15) is 5.82 Å². The Kier molecular flexibility index (Phi) is 4.70. The van der Waals surface area contributed by atoms with Gasteiger partial charge in [-0.1, -0.05) is 6.92 Å². The maximum Gasteiger partial charge on any atom is 0.319 e. The molecule has 15 heavy (non-hydrogen) atoms. The molecule has 0 aliphatic rings. The first kappa shape index (κ1) is 11.6. The summed E-state index contributed by atoms with van der Waals surface area (Å²) in [5.74, 6) is 0.469. The van der Waals surface area contributed by atoms with Crippen molar-refractivity contribution in [3.05, 3.63) is 24.3 Å². The van der Waals surface area contributed by atoms with Crippen LogP contribution in [0.5, 0.6) is 0 Å². The molecule has 0 unspecified atom stereocenters. The highest BCUT2D eigenvalue weighted by Gasteiger charge is 2.10. The van der Waals surface area contributed by atoms with E-state index in [0.29, 0.717) is 12.4 Å². The minimum atomic E-state index is -0.243. The highest BCUT2D eigenvalue weighted by molar-refractivity contribution is 5.71. The summed E-state index contributed by atoms with van der Waals surface area (Å²) in [6, 6.07) is 1.76. The van der Waals surface area contributed by atoms with Crippen molar-refractivity contribution in [3.63, 3.8) is 0 Å². The number of methoxy groups -OCH3 is 1. The maximum atomic E-state index is 11.1. The van der Waals surface area contributed by atoms with E-state index in [1.165, 1.54) is 7.11 Å². The Morgan fingerprint density at radius 3 is 2.67 bits per heavy atom. The van der Waals surface area contributed by atoms with Crippen molar-refractivity contribution in [3.8, 4) is 0 Å². The highest BCUT2D eigenvalue weighted by Crippen LogP contribution is 1.97. The van der Waals surface area contributed by atoms with E-state index < -0.39 is 0 Å². The van der Waals surface area contributed by atoms with Crippen LogP contribution in [0.25, 0.3) is 0 Å². The van der Waals surface area contributed by atoms with Crippen molar-refractivity contribution in [1.82, 2.24) is 14.9 Å². The first-order valence-corrected chi connectivity index (χ1v) is 4.81. The minimum Gasteiger partial charge on any atom is -0.468 e. The number of esters is 1. The van der Waals surface area contributed by atoms with Gasteiger partial charge in [0.05, 0.1) is 20.2 Å². The summed E-state index contributed by atoms with van der Waals surface area (Å²) in [6.45, 7) is 3.57. The zero-order chi connectivity index (χ0) is 11.1. The van der Waals surface area contributed by atoms with Gasteiger partial charge in [0.2, 0.25) is 0 Å². The molecule has 1 rings (SSSR count). The van der Waals surface area contributed by atoms with E-state index in [1.54, 1.807) is 18.5 Å². The van der Waals surface area contributed by atoms with Crippen LogP contribution in [0, 0.1) is 0 Å². The number of likely N-dealkylation sites (N-methyl/N-ethyl adjacent to an activating group) is 1. The van der Waals surface area contributed by atoms with Gasteiger partial charge in [0, 0.05) is 12.4 Å². The van der Waals surface area contributed by atoms with Crippen molar-refractivity contribution in [2.45, 2.75) is 13.5 Å². The minimum absolute atomic E-state index is 0.243. The zero-order valence-electron chi connectivity index (χ0n) is 9.01. The van der Waals surface area contributed by atoms with Gasteiger partial charge in [0.25, 0.3) is 0 Å². The Morgan fingerprint density at radius 2 is 2.13 bits per heavy atom. The maximum absolute atomic E-state index is 11.1. The quantitative estimate of drug-likeness (QED) is 0.660. The lowest BCUT2D eigenvalue weighted by molar-refractivity contribution is -0.142. The number of aromatic nitrogens is 2. The topological polar surface area (TPSA) is 55.3 Å². The highest BCUT2D eigenvalue weighted by atomic mass is 16.5. The van der Waals surface area contributed by atoms with E-state index in [0.717, 1.165) is 6.54 Å². The van der Waals surface area contributed by atoms with Crippen molar-refractivity contribution in [2.24, 2.45) is 0 Å². The molecule has 1 heterocycles. The summed E-state index contributed by atoms with van der Waals surface area (Å²) in [4.78, 5) is 21.2. The fourth-order valence-corrected chi connectivity index (χ4v) is 1.14. The third kappa shape index (κ3) is 4.03. The standard InChI is InChI=1S/C10H15N3O2/c1-3-13(8-10(14)15-2)7-9-11-5-4-6-12-9/h4-6H,3,7-8H2,1-2H3. The Hall–Kier alpha value is -1.49. The second-order valence-corrected chi connectivity index (χ2v) is 3.04. The molecule has 0 saturated carbocycles. The fraction of sp³-hybridized carbons (Fsp3) is 0.500. The van der Waals surface area contributed by atoms with E-state index >= 15 is 0 Å². The molecule has 1 aromatic heterocycles. The monoisotopic (exact) mass is 209 g/mol. The van der Waals surface area contributed by atoms with Crippen molar-refractivity contribution >= 4 is 5.97 Å². The molecule has 5 heteroatoms. The predicted molar refractivity (Wildman–Crippen MR) is 55.0 cm³/mol. The lowest BCUT2D eigenvalue weighted by atomic mass is 10.4. The van der Waals surface area contributed by atoms with Crippen LogP contribution in [0.3, 0.4) is 0 Å². The Bertz CT molecular complexity index is 303. The average Bonchev–Trinajstić information content (AvgIpc) is 2.29. The van der Waals surface area contributed by atoms with Crippen LogP contribution in [0.1, 0.15) is 12.7 Å². The van der Waals surface area contributed by atoms with Gasteiger partial charge in [-0.2, -0.15) is 0 Å². The molecular formula is C10H15N3O2. The number of carbonyl (C=O) groups excluding carboxylic acids is 1. The van der Waals surface area contributed by atoms with Gasteiger partial charge in [0.15, 0.2) is 0 Å². The number of ether oxygens (including phenoxy) is 1. The summed E-state index contributed by atoms with van der Waals surface area (Å²) in [6.07, 6.45) is 3.38. The lowest BCUT2D eigenvalue weighted by Gasteiger charge is -2.17. The SMILES string of the molecule is CCN(CC(=O)OC)Cc1ncccn1. The molecule has 0 aliphatic carbocycles. The zero-order valence-corrected chi connectivity index (χ0v) is 9.01. The number of nitrogens with zero attached hydrogens (tertiary/aromatic N) is 3. The molecule has 82 valence electrons. The summed E-state index contributed by atoms with van der Waals surface area (Å²) < 4.78 is 4.60. The van der Waals surface area contributed by atoms with E-state index in [4.69, 9.17) is 0 Å². The fourth-order valence-electron chi connectivity index (χ4n) is 1.14. The first-order chi connectivity index (χ1) is 7.26. The van der Waals surface area contributed by atoms with Gasteiger partial charge >= 0.3 is 5.97 Å². The molecule has 0 saturated heterocycles. The van der Waals surface area contributed by atoms with Crippen LogP contribution in [-0.2, 0) is 16.1 Å². The van der Waals surface area contributed by atoms with Gasteiger partial charge in [-0.3, -0.25) is 9.69 Å². The lowest BCUT2D eigenvalue weighted by Crippen LogP contribution is -2.30. The molecular weight excluding hydrogens is 194 g/mol. The summed E-state index contributed by atoms with van der Waals surface area (Å²) in [5.41, 5.74) is 0. The molecule has 0 bridgehead atoms. The number of carbonyl (C=O) groups is 1. The third-order valence-corrected chi connectivity index (χ3v) is 2.01. The molecule has 1 aromatic rings. The molecule has 0 spiro atoms. The van der Waals surface area contributed by atoms with Gasteiger partial charge in [-0.25, -0.2) is 9.97 Å². The van der Waals surface area contributed by atoms with Gasteiger partial charge in [-0.15, -0.1) is 0 Å². The normalized spacial score (nSPS) is 10.3. The molecule has 0 aromatic carbocycles. The molecule has 0 N–H and O–H groups in total. The Balaban J connectivity index is 2.50. The smallest absolute Gasteiger partial charge is 0.319 e. The largest absolute Gasteiger partial charge is 0.468 e. The second kappa shape index (κ2) is 6.08. The summed E-state index contributed by atoms with van der Waals surface area (Å²) in [5, 5.41) is 0. The number of hydrogen-bond acceptors (Lipinski definition) is 5.